The van der Waals surface area contributed by atoms with Crippen LogP contribution in [0.1, 0.15) is 80.6 Å². The summed E-state index contributed by atoms with van der Waals surface area (Å²) in [6.07, 6.45) is 5.75. The third kappa shape index (κ3) is 8.36. The number of carbonyl (C=O) groups excluding carboxylic acids is 4. The smallest absolute Gasteiger partial charge is 0.321 e. The Bertz CT molecular complexity index is 1950. The predicted octanol–water partition coefficient (Wildman–Crippen LogP) is -0.102. The van der Waals surface area contributed by atoms with E-state index in [4.69, 9.17) is 5.73 Å². The molecule has 13 nitrogen and oxygen atoms in total. The minimum atomic E-state index is -1.22. The van der Waals surface area contributed by atoms with Crippen LogP contribution in [0.5, 0.6) is 0 Å². The second-order valence-corrected chi connectivity index (χ2v) is 14.2. The molecular weight excluding hydrogens is 662 g/mol. The molecule has 0 radical (unpaired) electrons. The number of nitrogens with two attached hydrogens (primary N) is 1. The van der Waals surface area contributed by atoms with Crippen molar-refractivity contribution in [3.8, 4) is 0 Å². The molecule has 4 atom stereocenters. The van der Waals surface area contributed by atoms with Gasteiger partial charge in [-0.1, -0.05) is 20.8 Å². The largest absolute Gasteiger partial charge is 0.550 e. The molecule has 0 aromatic carbocycles. The van der Waals surface area contributed by atoms with Gasteiger partial charge in [-0.15, -0.1) is 0 Å². The van der Waals surface area contributed by atoms with Crippen molar-refractivity contribution >= 4 is 65.4 Å². The van der Waals surface area contributed by atoms with Gasteiger partial charge in [0, 0.05) is 68.1 Å². The maximum absolute atomic E-state index is 12.8. The van der Waals surface area contributed by atoms with E-state index in [0.29, 0.717) is 56.6 Å². The van der Waals surface area contributed by atoms with Crippen molar-refractivity contribution in [2.24, 2.45) is 22.6 Å². The Hall–Kier alpha value is -4.69. The van der Waals surface area contributed by atoms with Gasteiger partial charge in [-0.2, -0.15) is 11.8 Å². The van der Waals surface area contributed by atoms with Crippen molar-refractivity contribution in [1.82, 2.24) is 15.3 Å². The molecule has 2 amide bonds. The summed E-state index contributed by atoms with van der Waals surface area (Å²) in [5.74, 6) is -4.47. The molecule has 0 spiro atoms. The first-order valence-corrected chi connectivity index (χ1v) is 17.6. The number of aromatic nitrogens is 2. The maximum Gasteiger partial charge on any atom is 0.321 e. The van der Waals surface area contributed by atoms with Crippen LogP contribution in [-0.4, -0.2) is 67.6 Å². The van der Waals surface area contributed by atoms with E-state index in [1.54, 1.807) is 12.2 Å². The van der Waals surface area contributed by atoms with Gasteiger partial charge in [0.15, 0.2) is 0 Å². The molecule has 0 unspecified atom stereocenters. The quantitative estimate of drug-likeness (QED) is 0.165. The Kier molecular flexibility index (Phi) is 12.1. The molecule has 2 aliphatic rings. The van der Waals surface area contributed by atoms with Gasteiger partial charge in [0.05, 0.1) is 5.71 Å². The lowest BCUT2D eigenvalue weighted by atomic mass is 9.91. The van der Waals surface area contributed by atoms with Crippen LogP contribution in [0.25, 0.3) is 18.2 Å². The number of hydrogen-bond acceptors (Lipinski definition) is 9. The Labute approximate surface area is 293 Å². The first kappa shape index (κ1) is 38.1. The number of aliphatic carboxylic acids is 3. The molecule has 0 bridgehead atoms. The van der Waals surface area contributed by atoms with Crippen LogP contribution in [0.4, 0.5) is 0 Å². The number of nitrogens with zero attached hydrogens (tertiary/aromatic N) is 1. The first-order chi connectivity index (χ1) is 23.5. The fourth-order valence-corrected chi connectivity index (χ4v) is 7.80. The number of carboxylic acids is 3. The van der Waals surface area contributed by atoms with Crippen LogP contribution >= 0.6 is 11.8 Å². The lowest BCUT2D eigenvalue weighted by molar-refractivity contribution is -0.307. The number of carboxylic acid groups (broad SMARTS) is 3. The van der Waals surface area contributed by atoms with Gasteiger partial charge >= 0.3 is 5.97 Å². The monoisotopic (exact) mass is 705 g/mol. The number of thioether (sulfide) groups is 1. The Morgan fingerprint density at radius 1 is 0.960 bits per heavy atom. The second kappa shape index (κ2) is 15.9. The Morgan fingerprint density at radius 3 is 2.18 bits per heavy atom. The van der Waals surface area contributed by atoms with Gasteiger partial charge in [0.2, 0.25) is 5.91 Å². The highest BCUT2D eigenvalue weighted by atomic mass is 32.2. The van der Waals surface area contributed by atoms with E-state index in [-0.39, 0.29) is 54.4 Å². The summed E-state index contributed by atoms with van der Waals surface area (Å²) >= 11 is 1.37. The van der Waals surface area contributed by atoms with Crippen molar-refractivity contribution in [3.05, 3.63) is 61.2 Å². The summed E-state index contributed by atoms with van der Waals surface area (Å²) in [5.41, 5.74) is 12.4. The molecule has 6 N–H and O–H groups in total. The number of aliphatic imine (C=N–C) groups is 1. The van der Waals surface area contributed by atoms with Gasteiger partial charge in [-0.3, -0.25) is 14.4 Å². The van der Waals surface area contributed by atoms with Crippen LogP contribution in [0.2, 0.25) is 0 Å². The summed E-state index contributed by atoms with van der Waals surface area (Å²) in [6, 6.07) is -1.04. The van der Waals surface area contributed by atoms with Crippen LogP contribution in [0, 0.1) is 25.7 Å². The van der Waals surface area contributed by atoms with Crippen LogP contribution in [0.3, 0.4) is 0 Å². The topological polar surface area (TPSA) is 234 Å². The molecule has 268 valence electrons. The van der Waals surface area contributed by atoms with Crippen LogP contribution in [0.15, 0.2) is 21.8 Å². The lowest BCUT2D eigenvalue weighted by Gasteiger charge is -2.23. The van der Waals surface area contributed by atoms with Gasteiger partial charge in [-0.25, -0.2) is 4.99 Å². The molecule has 1 saturated heterocycles. The maximum atomic E-state index is 12.8. The number of carbonyl (C=O) groups is 5. The average Bonchev–Trinajstić information content (AvgIpc) is 3.69. The highest BCUT2D eigenvalue weighted by Gasteiger charge is 2.39. The second-order valence-electron chi connectivity index (χ2n) is 12.8. The minimum absolute atomic E-state index is 0.140. The number of rotatable bonds is 15. The summed E-state index contributed by atoms with van der Waals surface area (Å²) < 4.78 is 0. The van der Waals surface area contributed by atoms with E-state index in [1.165, 1.54) is 11.8 Å². The van der Waals surface area contributed by atoms with Crippen molar-refractivity contribution in [2.45, 2.75) is 84.9 Å². The zero-order valence-electron chi connectivity index (χ0n) is 29.0. The Balaban J connectivity index is 1.85. The number of H-pyrrole nitrogens is 2. The summed E-state index contributed by atoms with van der Waals surface area (Å²) in [6.45, 7) is 11.1. The fraction of sp³-hybridized carbons (Fsp3) is 0.444. The van der Waals surface area contributed by atoms with E-state index < -0.39 is 29.9 Å². The summed E-state index contributed by atoms with van der Waals surface area (Å²) in [5, 5.41) is 36.3. The third-order valence-corrected chi connectivity index (χ3v) is 10.9. The molecule has 14 heteroatoms. The minimum Gasteiger partial charge on any atom is -0.550 e. The van der Waals surface area contributed by atoms with E-state index in [1.807, 2.05) is 47.6 Å². The third-order valence-electron chi connectivity index (χ3n) is 9.54. The molecule has 50 heavy (non-hydrogen) atoms. The summed E-state index contributed by atoms with van der Waals surface area (Å²) in [7, 11) is 0. The molecular formula is C36H43N5O8S-2. The predicted molar refractivity (Wildman–Crippen MR) is 187 cm³/mol. The van der Waals surface area contributed by atoms with Crippen molar-refractivity contribution in [1.29, 1.82) is 0 Å². The molecule has 4 heterocycles. The van der Waals surface area contributed by atoms with Crippen molar-refractivity contribution in [2.75, 3.05) is 5.75 Å². The molecule has 1 fully saturated rings. The van der Waals surface area contributed by atoms with E-state index in [9.17, 15) is 39.3 Å². The number of allylic oxidation sites excluding steroid dienone is 2. The SMILES string of the molecule is CCC1=C(C)C(C=c2[nH]/c(=C/c3[nH]c(/C=C4\NC(=O)[C@H](C)[C@H]4[C@H](C)SC[C@H](N)C(=O)O)c(C)c3CCC(=O)[O-])c(CCC(=O)[O-])c2C)=NC1=O. The molecule has 2 aromatic rings. The molecule has 2 aromatic heterocycles. The van der Waals surface area contributed by atoms with Gasteiger partial charge in [0.25, 0.3) is 5.91 Å². The number of aromatic amines is 2. The van der Waals surface area contributed by atoms with E-state index in [0.717, 1.165) is 16.7 Å². The molecule has 4 rings (SSSR count). The molecule has 0 saturated carbocycles. The average molecular weight is 706 g/mol. The van der Waals surface area contributed by atoms with E-state index >= 15 is 0 Å². The van der Waals surface area contributed by atoms with Crippen molar-refractivity contribution in [3.63, 3.8) is 0 Å². The number of nitrogens with one attached hydrogen (secondary N) is 3. The zero-order chi connectivity index (χ0) is 37.0. The Morgan fingerprint density at radius 2 is 1.60 bits per heavy atom. The highest BCUT2D eigenvalue weighted by molar-refractivity contribution is 8.00. The van der Waals surface area contributed by atoms with Crippen molar-refractivity contribution < 1.29 is 39.3 Å². The van der Waals surface area contributed by atoms with E-state index in [2.05, 4.69) is 20.3 Å². The highest BCUT2D eigenvalue weighted by Crippen LogP contribution is 2.37. The first-order valence-electron chi connectivity index (χ1n) is 16.5. The standard InChI is InChI=1S/C36H45N5O8S/c1-7-21-16(2)27(40-35(21)47)12-25-17(3)22(8-10-31(42)43)28(38-25)14-29-23(9-11-32(44)45)18(4)26(39-29)13-30-33(19(5)34(46)41-30)20(6)50-15-24(37)36(48)49/h12-14,19-20,24,33,38-39H,7-11,15,37H2,1-6H3,(H,41,46)(H,42,43)(H,44,45)(H,48,49)/p-2/b25-12?,28-14+,30-13-/t19-,20+,24+,33+/m1/s1. The van der Waals surface area contributed by atoms with Gasteiger partial charge in [0.1, 0.15) is 6.04 Å². The van der Waals surface area contributed by atoms with Gasteiger partial charge in [-0.05, 0) is 98.9 Å². The molecule has 2 aliphatic heterocycles. The molecule has 0 aliphatic carbocycles. The van der Waals surface area contributed by atoms with Gasteiger partial charge < -0.3 is 45.9 Å². The fourth-order valence-electron chi connectivity index (χ4n) is 6.55. The van der Waals surface area contributed by atoms with Crippen LogP contribution < -0.4 is 32.0 Å². The zero-order valence-corrected chi connectivity index (χ0v) is 29.8. The number of hydrogen-bond donors (Lipinski definition) is 5. The number of amides is 2. The van der Waals surface area contributed by atoms with Crippen LogP contribution in [-0.2, 0) is 36.8 Å². The summed E-state index contributed by atoms with van der Waals surface area (Å²) in [4.78, 5) is 70.5. The normalized spacial score (nSPS) is 20.5. The lowest BCUT2D eigenvalue weighted by Crippen LogP contribution is -2.34.